The molecule has 1 aliphatic rings. The lowest BCUT2D eigenvalue weighted by Crippen LogP contribution is -2.16. The van der Waals surface area contributed by atoms with Gasteiger partial charge in [0.25, 0.3) is 0 Å². The van der Waals surface area contributed by atoms with Crippen LogP contribution in [0.25, 0.3) is 17.2 Å². The first kappa shape index (κ1) is 16.9. The third kappa shape index (κ3) is 3.76. The summed E-state index contributed by atoms with van der Waals surface area (Å²) >= 11 is 0. The van der Waals surface area contributed by atoms with Gasteiger partial charge < -0.3 is 10.5 Å². The Morgan fingerprint density at radius 3 is 2.68 bits per heavy atom. The molecule has 2 aromatic rings. The Balaban J connectivity index is 1.99. The number of nitrogens with two attached hydrogens (primary N) is 1. The number of carbonyl (C=O) groups excluding carboxylic acids is 1. The molecule has 5 nitrogen and oxygen atoms in total. The molecular weight excluding hydrogens is 314 g/mol. The fourth-order valence-corrected chi connectivity index (χ4v) is 2.73. The van der Waals surface area contributed by atoms with E-state index in [0.29, 0.717) is 18.0 Å². The van der Waals surface area contributed by atoms with Crippen molar-refractivity contribution in [2.24, 2.45) is 10.7 Å². The molecule has 1 aromatic heterocycles. The Hall–Kier alpha value is -2.95. The van der Waals surface area contributed by atoms with Crippen LogP contribution in [-0.4, -0.2) is 23.4 Å². The number of aryl methyl sites for hydroxylation is 1. The molecule has 1 aliphatic heterocycles. The first-order valence-corrected chi connectivity index (χ1v) is 8.40. The Kier molecular flexibility index (Phi) is 4.93. The topological polar surface area (TPSA) is 77.6 Å². The van der Waals surface area contributed by atoms with Gasteiger partial charge in [0.05, 0.1) is 12.3 Å². The summed E-state index contributed by atoms with van der Waals surface area (Å²) in [5.74, 6) is 0.0478. The van der Waals surface area contributed by atoms with Crippen LogP contribution in [0.3, 0.4) is 0 Å². The summed E-state index contributed by atoms with van der Waals surface area (Å²) in [6.45, 7) is 4.19. The second-order valence-corrected chi connectivity index (χ2v) is 5.84. The number of hydrogen-bond donors (Lipinski definition) is 1. The van der Waals surface area contributed by atoms with Crippen molar-refractivity contribution in [3.05, 3.63) is 53.4 Å². The summed E-state index contributed by atoms with van der Waals surface area (Å²) in [6.07, 6.45) is 4.87. The van der Waals surface area contributed by atoms with E-state index in [1.165, 1.54) is 0 Å². The number of aliphatic imine (C=N–C) groups is 1. The van der Waals surface area contributed by atoms with E-state index < -0.39 is 0 Å². The molecule has 0 spiro atoms. The van der Waals surface area contributed by atoms with Gasteiger partial charge >= 0.3 is 5.97 Å². The van der Waals surface area contributed by atoms with Crippen LogP contribution in [0, 0.1) is 0 Å². The van der Waals surface area contributed by atoms with Crippen LogP contribution in [0.5, 0.6) is 0 Å². The zero-order chi connectivity index (χ0) is 17.8. The predicted molar refractivity (Wildman–Crippen MR) is 99.6 cm³/mol. The van der Waals surface area contributed by atoms with Gasteiger partial charge in [-0.2, -0.15) is 0 Å². The summed E-state index contributed by atoms with van der Waals surface area (Å²) in [6, 6.07) is 9.99. The van der Waals surface area contributed by atoms with Crippen LogP contribution in [0.15, 0.2) is 47.1 Å². The number of fused-ring (bicyclic) bond motifs is 1. The molecular formula is C20H21N3O2. The van der Waals surface area contributed by atoms with Crippen molar-refractivity contribution in [3.8, 4) is 11.1 Å². The quantitative estimate of drug-likeness (QED) is 0.865. The monoisotopic (exact) mass is 335 g/mol. The fourth-order valence-electron chi connectivity index (χ4n) is 2.73. The van der Waals surface area contributed by atoms with Gasteiger partial charge in [0, 0.05) is 35.0 Å². The lowest BCUT2D eigenvalue weighted by molar-refractivity contribution is -0.138. The SMILES string of the molecule is CCOC(=O)C1=Cc2ccc(-c3ccc(CC)nc3)cc2N=C(N)C1. The van der Waals surface area contributed by atoms with E-state index in [0.717, 1.165) is 34.5 Å². The van der Waals surface area contributed by atoms with Crippen molar-refractivity contribution in [2.45, 2.75) is 26.7 Å². The second kappa shape index (κ2) is 7.30. The minimum Gasteiger partial charge on any atom is -0.463 e. The molecule has 0 atom stereocenters. The summed E-state index contributed by atoms with van der Waals surface area (Å²) in [4.78, 5) is 21.0. The van der Waals surface area contributed by atoms with Crippen molar-refractivity contribution in [2.75, 3.05) is 6.61 Å². The lowest BCUT2D eigenvalue weighted by atomic mass is 10.0. The van der Waals surface area contributed by atoms with Gasteiger partial charge in [-0.15, -0.1) is 0 Å². The van der Waals surface area contributed by atoms with E-state index in [4.69, 9.17) is 10.5 Å². The number of hydrogen-bond acceptors (Lipinski definition) is 5. The molecule has 0 aliphatic carbocycles. The maximum absolute atomic E-state index is 12.0. The largest absolute Gasteiger partial charge is 0.463 e. The molecule has 3 rings (SSSR count). The smallest absolute Gasteiger partial charge is 0.334 e. The number of carbonyl (C=O) groups is 1. The molecule has 5 heteroatoms. The predicted octanol–water partition coefficient (Wildman–Crippen LogP) is 3.65. The molecule has 2 N–H and O–H groups in total. The molecule has 128 valence electrons. The van der Waals surface area contributed by atoms with E-state index in [2.05, 4.69) is 23.0 Å². The Morgan fingerprint density at radius 1 is 1.20 bits per heavy atom. The molecule has 25 heavy (non-hydrogen) atoms. The second-order valence-electron chi connectivity index (χ2n) is 5.84. The highest BCUT2D eigenvalue weighted by Gasteiger charge is 2.17. The fraction of sp³-hybridized carbons (Fsp3) is 0.250. The molecule has 1 aromatic carbocycles. The summed E-state index contributed by atoms with van der Waals surface area (Å²) < 4.78 is 5.09. The number of pyridine rings is 1. The molecule has 0 saturated heterocycles. The molecule has 0 amide bonds. The molecule has 0 radical (unpaired) electrons. The maximum atomic E-state index is 12.0. The average Bonchev–Trinajstić information content (AvgIpc) is 2.79. The van der Waals surface area contributed by atoms with Crippen molar-refractivity contribution in [1.82, 2.24) is 4.98 Å². The van der Waals surface area contributed by atoms with E-state index in [9.17, 15) is 4.79 Å². The number of esters is 1. The van der Waals surface area contributed by atoms with Crippen LogP contribution in [-0.2, 0) is 16.0 Å². The summed E-state index contributed by atoms with van der Waals surface area (Å²) in [7, 11) is 0. The van der Waals surface area contributed by atoms with E-state index in [1.54, 1.807) is 13.0 Å². The van der Waals surface area contributed by atoms with Crippen molar-refractivity contribution in [3.63, 3.8) is 0 Å². The third-order valence-electron chi connectivity index (χ3n) is 4.05. The average molecular weight is 335 g/mol. The first-order chi connectivity index (χ1) is 12.1. The number of amidine groups is 1. The first-order valence-electron chi connectivity index (χ1n) is 8.40. The van der Waals surface area contributed by atoms with Gasteiger partial charge in [-0.25, -0.2) is 9.79 Å². The van der Waals surface area contributed by atoms with Gasteiger partial charge in [0.1, 0.15) is 5.84 Å². The van der Waals surface area contributed by atoms with Gasteiger partial charge in [0.2, 0.25) is 0 Å². The Morgan fingerprint density at radius 2 is 2.00 bits per heavy atom. The number of aromatic nitrogens is 1. The summed E-state index contributed by atoms with van der Waals surface area (Å²) in [5, 5.41) is 0. The van der Waals surface area contributed by atoms with Gasteiger partial charge in [-0.05, 0) is 37.1 Å². The van der Waals surface area contributed by atoms with Crippen LogP contribution in [0.1, 0.15) is 31.5 Å². The molecule has 0 bridgehead atoms. The van der Waals surface area contributed by atoms with Gasteiger partial charge in [-0.3, -0.25) is 4.98 Å². The molecule has 0 saturated carbocycles. The summed E-state index contributed by atoms with van der Waals surface area (Å²) in [5.41, 5.74) is 11.2. The number of ether oxygens (including phenoxy) is 1. The Labute approximate surface area is 147 Å². The minimum atomic E-state index is -0.350. The van der Waals surface area contributed by atoms with Crippen molar-refractivity contribution in [1.29, 1.82) is 0 Å². The number of nitrogens with zero attached hydrogens (tertiary/aromatic N) is 2. The van der Waals surface area contributed by atoms with Crippen LogP contribution in [0.2, 0.25) is 0 Å². The van der Waals surface area contributed by atoms with Crippen LogP contribution < -0.4 is 5.73 Å². The highest BCUT2D eigenvalue weighted by molar-refractivity contribution is 6.03. The van der Waals surface area contributed by atoms with Crippen LogP contribution >= 0.6 is 0 Å². The normalized spacial score (nSPS) is 13.4. The minimum absolute atomic E-state index is 0.287. The van der Waals surface area contributed by atoms with Crippen molar-refractivity contribution < 1.29 is 9.53 Å². The zero-order valence-electron chi connectivity index (χ0n) is 14.5. The van der Waals surface area contributed by atoms with Crippen LogP contribution in [0.4, 0.5) is 5.69 Å². The van der Waals surface area contributed by atoms with E-state index in [-0.39, 0.29) is 12.4 Å². The standard InChI is InChI=1S/C20H21N3O2/c1-3-17-8-7-15(12-22-17)13-5-6-14-9-16(20(24)25-4-2)11-19(21)23-18(14)10-13/h5-10,12H,3-4,11H2,1-2H3,(H2,21,23). The Bertz CT molecular complexity index is 852. The van der Waals surface area contributed by atoms with Gasteiger partial charge in [-0.1, -0.05) is 25.1 Å². The number of benzene rings is 1. The lowest BCUT2D eigenvalue weighted by Gasteiger charge is -2.07. The van der Waals surface area contributed by atoms with E-state index >= 15 is 0 Å². The highest BCUT2D eigenvalue weighted by atomic mass is 16.5. The zero-order valence-corrected chi connectivity index (χ0v) is 14.5. The maximum Gasteiger partial charge on any atom is 0.334 e. The van der Waals surface area contributed by atoms with Crippen molar-refractivity contribution >= 4 is 23.6 Å². The third-order valence-corrected chi connectivity index (χ3v) is 4.05. The number of rotatable bonds is 4. The molecule has 0 unspecified atom stereocenters. The van der Waals surface area contributed by atoms with E-state index in [1.807, 2.05) is 30.5 Å². The molecule has 0 fully saturated rings. The molecule has 2 heterocycles. The van der Waals surface area contributed by atoms with Gasteiger partial charge in [0.15, 0.2) is 0 Å². The highest BCUT2D eigenvalue weighted by Crippen LogP contribution is 2.31.